The van der Waals surface area contributed by atoms with Crippen LogP contribution in [0.4, 0.5) is 0 Å². The summed E-state index contributed by atoms with van der Waals surface area (Å²) in [5.41, 5.74) is 0.703. The second kappa shape index (κ2) is 5.96. The van der Waals surface area contributed by atoms with Crippen LogP contribution in [-0.4, -0.2) is 44.1 Å². The summed E-state index contributed by atoms with van der Waals surface area (Å²) in [6, 6.07) is 6.77. The highest BCUT2D eigenvalue weighted by Gasteiger charge is 2.37. The molecule has 1 aliphatic rings. The number of aryl methyl sites for hydroxylation is 1. The van der Waals surface area contributed by atoms with E-state index in [9.17, 15) is 15.0 Å². The third kappa shape index (κ3) is 3.03. The van der Waals surface area contributed by atoms with Gasteiger partial charge in [0.2, 0.25) is 0 Å². The summed E-state index contributed by atoms with van der Waals surface area (Å²) in [5, 5.41) is 20.5. The molecular formula is C17H19N3O3. The SMILES string of the molecule is Cc1ccc(C2(O)CCN(C(=O)c3ncccc3O)CC2)nc1. The topological polar surface area (TPSA) is 86.5 Å². The first-order chi connectivity index (χ1) is 11.0. The van der Waals surface area contributed by atoms with E-state index in [-0.39, 0.29) is 17.4 Å². The minimum Gasteiger partial charge on any atom is -0.505 e. The molecule has 1 fully saturated rings. The number of likely N-dealkylation sites (tertiary alicyclic amines) is 1. The number of nitrogens with zero attached hydrogens (tertiary/aromatic N) is 3. The van der Waals surface area contributed by atoms with E-state index in [0.717, 1.165) is 5.56 Å². The van der Waals surface area contributed by atoms with E-state index in [4.69, 9.17) is 0 Å². The summed E-state index contributed by atoms with van der Waals surface area (Å²) in [7, 11) is 0. The van der Waals surface area contributed by atoms with Crippen LogP contribution in [0.15, 0.2) is 36.7 Å². The largest absolute Gasteiger partial charge is 0.505 e. The lowest BCUT2D eigenvalue weighted by Crippen LogP contribution is -2.45. The van der Waals surface area contributed by atoms with E-state index in [1.165, 1.54) is 12.3 Å². The van der Waals surface area contributed by atoms with Gasteiger partial charge in [-0.05, 0) is 43.5 Å². The van der Waals surface area contributed by atoms with Gasteiger partial charge in [-0.2, -0.15) is 0 Å². The Kier molecular flexibility index (Phi) is 4.00. The van der Waals surface area contributed by atoms with Crippen molar-refractivity contribution in [1.82, 2.24) is 14.9 Å². The number of aromatic hydroxyl groups is 1. The highest BCUT2D eigenvalue weighted by atomic mass is 16.3. The zero-order valence-corrected chi connectivity index (χ0v) is 12.9. The number of aromatic nitrogens is 2. The molecule has 6 nitrogen and oxygen atoms in total. The van der Waals surface area contributed by atoms with Crippen molar-refractivity contribution in [2.75, 3.05) is 13.1 Å². The Morgan fingerprint density at radius 3 is 2.57 bits per heavy atom. The summed E-state index contributed by atoms with van der Waals surface area (Å²) < 4.78 is 0. The summed E-state index contributed by atoms with van der Waals surface area (Å²) in [5.74, 6) is -0.444. The van der Waals surface area contributed by atoms with Crippen molar-refractivity contribution in [3.8, 4) is 5.75 Å². The third-order valence-corrected chi connectivity index (χ3v) is 4.25. The Balaban J connectivity index is 1.72. The number of amides is 1. The molecular weight excluding hydrogens is 294 g/mol. The van der Waals surface area contributed by atoms with Crippen molar-refractivity contribution < 1.29 is 15.0 Å². The van der Waals surface area contributed by atoms with Crippen molar-refractivity contribution in [1.29, 1.82) is 0 Å². The van der Waals surface area contributed by atoms with Gasteiger partial charge in [0.1, 0.15) is 11.4 Å². The van der Waals surface area contributed by atoms with Gasteiger partial charge in [-0.15, -0.1) is 0 Å². The molecule has 2 aromatic heterocycles. The molecule has 1 amide bonds. The van der Waals surface area contributed by atoms with Gasteiger partial charge in [-0.1, -0.05) is 6.07 Å². The highest BCUT2D eigenvalue weighted by molar-refractivity contribution is 5.94. The lowest BCUT2D eigenvalue weighted by Gasteiger charge is -2.37. The first-order valence-electron chi connectivity index (χ1n) is 7.58. The molecule has 0 aromatic carbocycles. The molecule has 0 aliphatic carbocycles. The molecule has 0 unspecified atom stereocenters. The fraction of sp³-hybridized carbons (Fsp3) is 0.353. The van der Waals surface area contributed by atoms with E-state index < -0.39 is 5.60 Å². The molecule has 0 bridgehead atoms. The Labute approximate surface area is 134 Å². The van der Waals surface area contributed by atoms with Gasteiger partial charge >= 0.3 is 0 Å². The summed E-state index contributed by atoms with van der Waals surface area (Å²) in [6.07, 6.45) is 4.02. The minimum atomic E-state index is -1.02. The average molecular weight is 313 g/mol. The number of hydrogen-bond acceptors (Lipinski definition) is 5. The third-order valence-electron chi connectivity index (χ3n) is 4.25. The highest BCUT2D eigenvalue weighted by Crippen LogP contribution is 2.32. The van der Waals surface area contributed by atoms with Crippen LogP contribution < -0.4 is 0 Å². The molecule has 3 heterocycles. The number of aliphatic hydroxyl groups is 1. The predicted octanol–water partition coefficient (Wildman–Crippen LogP) is 1.61. The number of rotatable bonds is 2. The number of piperidine rings is 1. The van der Waals surface area contributed by atoms with E-state index in [1.807, 2.05) is 19.1 Å². The van der Waals surface area contributed by atoms with Crippen molar-refractivity contribution in [2.45, 2.75) is 25.4 Å². The molecule has 0 spiro atoms. The van der Waals surface area contributed by atoms with E-state index in [0.29, 0.717) is 31.6 Å². The van der Waals surface area contributed by atoms with Gasteiger partial charge in [0, 0.05) is 25.5 Å². The quantitative estimate of drug-likeness (QED) is 0.880. The normalized spacial score (nSPS) is 17.0. The Morgan fingerprint density at radius 1 is 1.22 bits per heavy atom. The molecule has 0 saturated carbocycles. The first kappa shape index (κ1) is 15.4. The van der Waals surface area contributed by atoms with Gasteiger partial charge in [-0.3, -0.25) is 9.78 Å². The van der Waals surface area contributed by atoms with Crippen molar-refractivity contribution >= 4 is 5.91 Å². The molecule has 2 N–H and O–H groups in total. The maximum absolute atomic E-state index is 12.4. The van der Waals surface area contributed by atoms with Crippen LogP contribution in [0.1, 0.15) is 34.6 Å². The Morgan fingerprint density at radius 2 is 1.96 bits per heavy atom. The average Bonchev–Trinajstić information content (AvgIpc) is 2.56. The van der Waals surface area contributed by atoms with Gasteiger partial charge in [0.05, 0.1) is 5.69 Å². The van der Waals surface area contributed by atoms with Crippen molar-refractivity contribution in [3.05, 3.63) is 53.6 Å². The van der Waals surface area contributed by atoms with Crippen molar-refractivity contribution in [3.63, 3.8) is 0 Å². The molecule has 120 valence electrons. The van der Waals surface area contributed by atoms with Crippen LogP contribution in [-0.2, 0) is 5.60 Å². The Hall–Kier alpha value is -2.47. The Bertz CT molecular complexity index is 707. The molecule has 6 heteroatoms. The van der Waals surface area contributed by atoms with Gasteiger partial charge in [0.25, 0.3) is 5.91 Å². The molecule has 23 heavy (non-hydrogen) atoms. The van der Waals surface area contributed by atoms with Gasteiger partial charge in [-0.25, -0.2) is 4.98 Å². The smallest absolute Gasteiger partial charge is 0.276 e. The van der Waals surface area contributed by atoms with Crippen LogP contribution in [0.2, 0.25) is 0 Å². The predicted molar refractivity (Wildman–Crippen MR) is 83.9 cm³/mol. The summed E-state index contributed by atoms with van der Waals surface area (Å²) >= 11 is 0. The fourth-order valence-corrected chi connectivity index (χ4v) is 2.79. The van der Waals surface area contributed by atoms with E-state index >= 15 is 0 Å². The zero-order valence-electron chi connectivity index (χ0n) is 12.9. The minimum absolute atomic E-state index is 0.0476. The van der Waals surface area contributed by atoms with E-state index in [1.54, 1.807) is 17.2 Å². The van der Waals surface area contributed by atoms with Crippen LogP contribution in [0.25, 0.3) is 0 Å². The standard InChI is InChI=1S/C17H19N3O3/c1-12-4-5-14(19-11-12)17(23)6-9-20(10-7-17)16(22)15-13(21)3-2-8-18-15/h2-5,8,11,21,23H,6-7,9-10H2,1H3. The van der Waals surface area contributed by atoms with Gasteiger partial charge in [0.15, 0.2) is 5.69 Å². The van der Waals surface area contributed by atoms with Crippen LogP contribution in [0.3, 0.4) is 0 Å². The number of carbonyl (C=O) groups excluding carboxylic acids is 1. The molecule has 0 atom stereocenters. The maximum atomic E-state index is 12.4. The van der Waals surface area contributed by atoms with E-state index in [2.05, 4.69) is 9.97 Å². The fourth-order valence-electron chi connectivity index (χ4n) is 2.79. The first-order valence-corrected chi connectivity index (χ1v) is 7.58. The second-order valence-corrected chi connectivity index (χ2v) is 5.92. The molecule has 0 radical (unpaired) electrons. The number of hydrogen-bond donors (Lipinski definition) is 2. The molecule has 2 aromatic rings. The number of carbonyl (C=O) groups is 1. The van der Waals surface area contributed by atoms with Crippen molar-refractivity contribution in [2.24, 2.45) is 0 Å². The number of pyridine rings is 2. The molecule has 1 aliphatic heterocycles. The van der Waals surface area contributed by atoms with Crippen LogP contribution in [0, 0.1) is 6.92 Å². The van der Waals surface area contributed by atoms with Gasteiger partial charge < -0.3 is 15.1 Å². The van der Waals surface area contributed by atoms with Crippen LogP contribution in [0.5, 0.6) is 5.75 Å². The molecule has 1 saturated heterocycles. The summed E-state index contributed by atoms with van der Waals surface area (Å²) in [6.45, 7) is 2.73. The summed E-state index contributed by atoms with van der Waals surface area (Å²) in [4.78, 5) is 22.3. The maximum Gasteiger partial charge on any atom is 0.276 e. The second-order valence-electron chi connectivity index (χ2n) is 5.92. The van der Waals surface area contributed by atoms with Crippen LogP contribution >= 0.6 is 0 Å². The monoisotopic (exact) mass is 313 g/mol. The molecule has 3 rings (SSSR count). The zero-order chi connectivity index (χ0) is 16.4. The lowest BCUT2D eigenvalue weighted by atomic mass is 9.87. The lowest BCUT2D eigenvalue weighted by molar-refractivity contribution is -0.0245.